The lowest BCUT2D eigenvalue weighted by atomic mass is 9.81. The van der Waals surface area contributed by atoms with E-state index in [4.69, 9.17) is 19.6 Å². The predicted molar refractivity (Wildman–Crippen MR) is 172 cm³/mol. The van der Waals surface area contributed by atoms with Crippen LogP contribution in [0.5, 0.6) is 11.5 Å². The number of para-hydroxylation sites is 1. The van der Waals surface area contributed by atoms with E-state index in [0.717, 1.165) is 0 Å². The molecule has 3 heterocycles. The minimum Gasteiger partial charge on any atom is -0.486 e. The fourth-order valence-corrected chi connectivity index (χ4v) is 6.53. The highest BCUT2D eigenvalue weighted by atomic mass is 16.7. The van der Waals surface area contributed by atoms with E-state index in [1.165, 1.54) is 18.2 Å². The summed E-state index contributed by atoms with van der Waals surface area (Å²) in [6.45, 7) is -1.44. The Labute approximate surface area is 283 Å². The van der Waals surface area contributed by atoms with Crippen molar-refractivity contribution in [3.63, 3.8) is 0 Å². The van der Waals surface area contributed by atoms with E-state index in [-0.39, 0.29) is 76.5 Å². The number of aliphatic hydroxyl groups is 5. The minimum atomic E-state index is -1.83. The van der Waals surface area contributed by atoms with Gasteiger partial charge in [-0.1, -0.05) is 42.5 Å². The monoisotopic (exact) mass is 686 g/mol. The Bertz CT molecular complexity index is 1990. The number of ketones is 2. The number of carbonyl (C=O) groups is 3. The molecule has 3 aliphatic heterocycles. The van der Waals surface area contributed by atoms with Crippen LogP contribution in [0, 0.1) is 5.41 Å². The van der Waals surface area contributed by atoms with Crippen molar-refractivity contribution in [2.45, 2.75) is 37.1 Å². The first-order valence-corrected chi connectivity index (χ1v) is 15.7. The number of amidine groups is 1. The first-order chi connectivity index (χ1) is 24.1. The lowest BCUT2D eigenvalue weighted by molar-refractivity contribution is -0.723. The zero-order chi connectivity index (χ0) is 35.3. The van der Waals surface area contributed by atoms with Gasteiger partial charge < -0.3 is 39.7 Å². The maximum Gasteiger partial charge on any atom is 0.284 e. The van der Waals surface area contributed by atoms with E-state index in [2.05, 4.69) is 15.3 Å². The number of aliphatic hydroxyl groups excluding tert-OH is 5. The molecular weight excluding hydrogens is 654 g/mol. The molecule has 3 aromatic rings. The highest BCUT2D eigenvalue weighted by Gasteiger charge is 2.46. The fraction of sp³-hybridized carbons (Fsp3) is 0.294. The molecule has 0 saturated carbocycles. The molecule has 16 heteroatoms. The summed E-state index contributed by atoms with van der Waals surface area (Å²) in [5.74, 6) is -2.06. The largest absolute Gasteiger partial charge is 0.486 e. The normalized spacial score (nSPS) is 25.6. The quantitative estimate of drug-likeness (QED) is 0.0957. The topological polar surface area (TPSA) is 245 Å². The number of amides is 1. The van der Waals surface area contributed by atoms with Crippen LogP contribution in [-0.4, -0.2) is 118 Å². The molecular formula is C34H32N5O11+. The van der Waals surface area contributed by atoms with Gasteiger partial charge in [-0.3, -0.25) is 25.1 Å². The van der Waals surface area contributed by atoms with Gasteiger partial charge >= 0.3 is 0 Å². The molecule has 0 aromatic heterocycles. The molecule has 0 bridgehead atoms. The lowest BCUT2D eigenvalue weighted by Gasteiger charge is -2.40. The first-order valence-electron chi connectivity index (χ1n) is 15.7. The summed E-state index contributed by atoms with van der Waals surface area (Å²) in [6.07, 6.45) is -8.32. The summed E-state index contributed by atoms with van der Waals surface area (Å²) in [6, 6.07) is 14.8. The number of hydrogen-bond acceptors (Lipinski definition) is 13. The van der Waals surface area contributed by atoms with Crippen LogP contribution in [0.3, 0.4) is 0 Å². The van der Waals surface area contributed by atoms with Crippen LogP contribution < -0.4 is 19.7 Å². The average molecular weight is 687 g/mol. The number of fused-ring (bicyclic) bond motifs is 3. The third-order valence-electron chi connectivity index (χ3n) is 8.92. The van der Waals surface area contributed by atoms with Gasteiger partial charge in [-0.05, 0) is 12.1 Å². The third kappa shape index (κ3) is 5.58. The average Bonchev–Trinajstić information content (AvgIpc) is 3.54. The Kier molecular flexibility index (Phi) is 8.83. The van der Waals surface area contributed by atoms with E-state index >= 15 is 0 Å². The van der Waals surface area contributed by atoms with Crippen molar-refractivity contribution in [2.75, 3.05) is 26.5 Å². The summed E-state index contributed by atoms with van der Waals surface area (Å²) in [5.41, 5.74) is 1.74. The van der Waals surface area contributed by atoms with Gasteiger partial charge in [-0.15, -0.1) is 0 Å². The molecule has 1 aliphatic carbocycles. The molecule has 6 atom stereocenters. The second-order valence-corrected chi connectivity index (χ2v) is 11.9. The number of rotatable bonds is 9. The van der Waals surface area contributed by atoms with Crippen LogP contribution in [-0.2, 0) is 16.0 Å². The standard InChI is InChI=1S/C34H31N5O11/c35-34-37-31-23(32(47)38-34)36-14-39(31)20-8-4-1-5-15(20)11-16-12-19-22(25(43)18-7-3-2-6-17(18)24(19)42)30(48-10-9-40)29(16)50-33-28(46)27(45)26(44)21(13-41)49-33/h1-8,12,21,26-28,33,40-41,44-46H,9-11,13-14H2,(H2,35,38,47)/p+1/t21-,26-,27+,28-,33+/m0/s1. The van der Waals surface area contributed by atoms with Crippen LogP contribution in [0.15, 0.2) is 64.6 Å². The molecule has 1 unspecified atom stereocenters. The van der Waals surface area contributed by atoms with Gasteiger partial charge in [0.15, 0.2) is 29.7 Å². The smallest absolute Gasteiger partial charge is 0.284 e. The highest BCUT2D eigenvalue weighted by Crippen LogP contribution is 2.44. The van der Waals surface area contributed by atoms with Crippen LogP contribution in [0.4, 0.5) is 5.69 Å². The molecule has 4 aliphatic rings. The first kappa shape index (κ1) is 33.3. The maximum atomic E-state index is 14.0. The van der Waals surface area contributed by atoms with Crippen molar-refractivity contribution >= 4 is 40.7 Å². The number of nitrogens with zero attached hydrogens (tertiary/aromatic N) is 2. The predicted octanol–water partition coefficient (Wildman–Crippen LogP) is -2.01. The second kappa shape index (κ2) is 13.3. The lowest BCUT2D eigenvalue weighted by Crippen LogP contribution is -3.09. The number of guanidine groups is 1. The van der Waals surface area contributed by atoms with E-state index in [9.17, 15) is 39.9 Å². The molecule has 50 heavy (non-hydrogen) atoms. The van der Waals surface area contributed by atoms with Crippen molar-refractivity contribution < 1.29 is 59.0 Å². The summed E-state index contributed by atoms with van der Waals surface area (Å²) in [4.78, 5) is 49.6. The van der Waals surface area contributed by atoms with Crippen molar-refractivity contribution in [2.24, 2.45) is 9.98 Å². The molecule has 0 radical (unpaired) electrons. The number of benzene rings is 3. The summed E-state index contributed by atoms with van der Waals surface area (Å²) in [5, 5.41) is 61.7. The Hall–Kier alpha value is -5.20. The van der Waals surface area contributed by atoms with E-state index in [0.29, 0.717) is 16.2 Å². The SMILES string of the molecule is N=C1N=C2C(=NC[NH+]2c2ccccc2Cc2cc3c(c(OCCO)c2O[C@H]2O[C@@H](CO)[C@H](O)[C@@H](O)[C@@H]2O)C(=O)c2ccccc2C3=O)C(=O)N1. The van der Waals surface area contributed by atoms with Gasteiger partial charge in [-0.25, -0.2) is 9.89 Å². The van der Waals surface area contributed by atoms with Gasteiger partial charge in [0.1, 0.15) is 36.7 Å². The van der Waals surface area contributed by atoms with Crippen LogP contribution in [0.2, 0.25) is 0 Å². The van der Waals surface area contributed by atoms with Crippen molar-refractivity contribution in [1.82, 2.24) is 5.32 Å². The van der Waals surface area contributed by atoms with Crippen molar-refractivity contribution in [1.29, 1.82) is 5.41 Å². The molecule has 7 rings (SSSR count). The Morgan fingerprint density at radius 3 is 2.36 bits per heavy atom. The molecule has 3 aromatic carbocycles. The zero-order valence-corrected chi connectivity index (χ0v) is 26.2. The molecule has 1 saturated heterocycles. The molecule has 258 valence electrons. The van der Waals surface area contributed by atoms with Crippen LogP contribution in [0.25, 0.3) is 0 Å². The number of carbonyl (C=O) groups excluding carboxylic acids is 3. The summed E-state index contributed by atoms with van der Waals surface area (Å²) >= 11 is 0. The number of ether oxygens (including phenoxy) is 3. The molecule has 0 spiro atoms. The molecule has 16 nitrogen and oxygen atoms in total. The number of nitrogens with one attached hydrogen (secondary N) is 3. The van der Waals surface area contributed by atoms with E-state index < -0.39 is 61.4 Å². The third-order valence-corrected chi connectivity index (χ3v) is 8.92. The Morgan fingerprint density at radius 2 is 1.62 bits per heavy atom. The molecule has 1 amide bonds. The van der Waals surface area contributed by atoms with E-state index in [1.807, 2.05) is 0 Å². The van der Waals surface area contributed by atoms with Gasteiger partial charge in [0.05, 0.1) is 18.8 Å². The number of hydrogen-bond donors (Lipinski definition) is 8. The van der Waals surface area contributed by atoms with Gasteiger partial charge in [-0.2, -0.15) is 4.99 Å². The van der Waals surface area contributed by atoms with Crippen LogP contribution >= 0.6 is 0 Å². The van der Waals surface area contributed by atoms with Gasteiger partial charge in [0.25, 0.3) is 11.7 Å². The summed E-state index contributed by atoms with van der Waals surface area (Å²) < 4.78 is 17.8. The van der Waals surface area contributed by atoms with E-state index in [1.54, 1.807) is 36.4 Å². The fourth-order valence-electron chi connectivity index (χ4n) is 6.53. The number of quaternary nitrogens is 1. The Morgan fingerprint density at radius 1 is 0.900 bits per heavy atom. The molecule has 1 fully saturated rings. The van der Waals surface area contributed by atoms with Crippen molar-refractivity contribution in [3.8, 4) is 11.5 Å². The maximum absolute atomic E-state index is 14.0. The van der Waals surface area contributed by atoms with Crippen LogP contribution in [0.1, 0.15) is 43.0 Å². The number of aliphatic imine (C=N–C) groups is 2. The van der Waals surface area contributed by atoms with Gasteiger partial charge in [0.2, 0.25) is 18.0 Å². The second-order valence-electron chi connectivity index (χ2n) is 11.9. The zero-order valence-electron chi connectivity index (χ0n) is 26.2. The Balaban J connectivity index is 1.39. The van der Waals surface area contributed by atoms with Gasteiger partial charge in [0, 0.05) is 34.2 Å². The summed E-state index contributed by atoms with van der Waals surface area (Å²) in [7, 11) is 0. The van der Waals surface area contributed by atoms with Crippen molar-refractivity contribution in [3.05, 3.63) is 88.0 Å². The molecule has 8 N–H and O–H groups in total. The highest BCUT2D eigenvalue weighted by molar-refractivity contribution is 6.68. The minimum absolute atomic E-state index is 0.00353.